The molecule has 0 bridgehead atoms. The van der Waals surface area contributed by atoms with Crippen LogP contribution >= 0.6 is 0 Å². The maximum atomic E-state index is 13.4. The number of para-hydroxylation sites is 1. The lowest BCUT2D eigenvalue weighted by Gasteiger charge is -2.25. The van der Waals surface area contributed by atoms with Crippen molar-refractivity contribution in [2.45, 2.75) is 39.7 Å². The van der Waals surface area contributed by atoms with Gasteiger partial charge in [0, 0.05) is 12.2 Å². The molecule has 2 aromatic heterocycles. The smallest absolute Gasteiger partial charge is 0.361 e. The van der Waals surface area contributed by atoms with Gasteiger partial charge in [0.2, 0.25) is 11.6 Å². The van der Waals surface area contributed by atoms with Crippen LogP contribution in [-0.4, -0.2) is 39.7 Å². The summed E-state index contributed by atoms with van der Waals surface area (Å²) in [5.74, 6) is -0.645. The van der Waals surface area contributed by atoms with Crippen LogP contribution in [0.5, 0.6) is 0 Å². The predicted molar refractivity (Wildman–Crippen MR) is 109 cm³/mol. The Balaban J connectivity index is 1.81. The average molecular weight is 410 g/mol. The van der Waals surface area contributed by atoms with E-state index in [9.17, 15) is 14.4 Å². The highest BCUT2D eigenvalue weighted by Gasteiger charge is 2.33. The van der Waals surface area contributed by atoms with E-state index in [1.807, 2.05) is 31.2 Å². The lowest BCUT2D eigenvalue weighted by molar-refractivity contribution is -0.121. The number of hydrogen-bond acceptors (Lipinski definition) is 7. The number of nitrogens with zero attached hydrogens (tertiary/aromatic N) is 4. The van der Waals surface area contributed by atoms with E-state index in [-0.39, 0.29) is 29.3 Å². The van der Waals surface area contributed by atoms with Crippen molar-refractivity contribution in [1.82, 2.24) is 14.7 Å². The topological polar surface area (TPSA) is 108 Å². The summed E-state index contributed by atoms with van der Waals surface area (Å²) in [5.41, 5.74) is 1.13. The highest BCUT2D eigenvalue weighted by Crippen LogP contribution is 2.30. The Morgan fingerprint density at radius 3 is 2.77 bits per heavy atom. The van der Waals surface area contributed by atoms with Gasteiger partial charge in [0.05, 0.1) is 6.61 Å². The van der Waals surface area contributed by atoms with E-state index in [4.69, 9.17) is 9.26 Å². The van der Waals surface area contributed by atoms with Gasteiger partial charge in [-0.05, 0) is 38.3 Å². The summed E-state index contributed by atoms with van der Waals surface area (Å²) >= 11 is 0. The van der Waals surface area contributed by atoms with E-state index in [1.165, 1.54) is 4.57 Å². The minimum atomic E-state index is -0.773. The maximum Gasteiger partial charge on any atom is 0.361 e. The molecule has 4 rings (SSSR count). The first-order chi connectivity index (χ1) is 14.5. The van der Waals surface area contributed by atoms with Crippen LogP contribution in [0.25, 0.3) is 11.1 Å². The molecule has 0 aliphatic carbocycles. The molecular weight excluding hydrogens is 388 g/mol. The van der Waals surface area contributed by atoms with Crippen molar-refractivity contribution in [2.24, 2.45) is 0 Å². The number of anilines is 1. The van der Waals surface area contributed by atoms with Gasteiger partial charge in [-0.25, -0.2) is 4.79 Å². The number of rotatable bonds is 5. The minimum Gasteiger partial charge on any atom is -0.461 e. The molecule has 0 fully saturated rings. The summed E-state index contributed by atoms with van der Waals surface area (Å²) < 4.78 is 11.4. The van der Waals surface area contributed by atoms with Gasteiger partial charge < -0.3 is 14.2 Å². The summed E-state index contributed by atoms with van der Waals surface area (Å²) in [6.07, 6.45) is 1.15. The van der Waals surface area contributed by atoms with Gasteiger partial charge in [0.25, 0.3) is 11.3 Å². The standard InChI is InChI=1S/C21H22N4O5/c1-4-14(19(26)24-11-10-13-8-6-7-9-15(13)24)25-12(3)22-18-16(20(25)27)17(23-30-18)21(28)29-5-2/h6-9,14H,4-5,10-11H2,1-3H3/t14-/m0/s1. The summed E-state index contributed by atoms with van der Waals surface area (Å²) in [6.45, 7) is 5.80. The van der Waals surface area contributed by atoms with E-state index < -0.39 is 17.6 Å². The number of ether oxygens (including phenoxy) is 1. The second kappa shape index (κ2) is 7.74. The number of benzene rings is 1. The third-order valence-corrected chi connectivity index (χ3v) is 5.32. The molecular formula is C21H22N4O5. The second-order valence-corrected chi connectivity index (χ2v) is 7.06. The first-order valence-corrected chi connectivity index (χ1v) is 9.92. The molecule has 9 nitrogen and oxygen atoms in total. The molecule has 0 saturated carbocycles. The number of carbonyl (C=O) groups excluding carboxylic acids is 2. The number of aromatic nitrogens is 3. The van der Waals surface area contributed by atoms with Crippen molar-refractivity contribution >= 4 is 28.7 Å². The summed E-state index contributed by atoms with van der Waals surface area (Å²) in [6, 6.07) is 6.96. The van der Waals surface area contributed by atoms with E-state index >= 15 is 0 Å². The Morgan fingerprint density at radius 2 is 2.03 bits per heavy atom. The molecule has 3 aromatic rings. The first kappa shape index (κ1) is 19.8. The number of carbonyl (C=O) groups is 2. The molecule has 1 aliphatic heterocycles. The molecule has 0 spiro atoms. The Kier molecular flexibility index (Phi) is 5.11. The zero-order chi connectivity index (χ0) is 21.4. The second-order valence-electron chi connectivity index (χ2n) is 7.06. The van der Waals surface area contributed by atoms with E-state index in [2.05, 4.69) is 10.1 Å². The van der Waals surface area contributed by atoms with E-state index in [0.29, 0.717) is 18.8 Å². The summed E-state index contributed by atoms with van der Waals surface area (Å²) in [7, 11) is 0. The molecule has 0 saturated heterocycles. The molecule has 0 N–H and O–H groups in total. The minimum absolute atomic E-state index is 0.0503. The molecule has 30 heavy (non-hydrogen) atoms. The first-order valence-electron chi connectivity index (χ1n) is 9.92. The van der Waals surface area contributed by atoms with E-state index in [0.717, 1.165) is 17.7 Å². The Morgan fingerprint density at radius 1 is 1.27 bits per heavy atom. The SMILES string of the molecule is CCOC(=O)c1noc2nc(C)n([C@@H](CC)C(=O)N3CCc4ccccc43)c(=O)c12. The fourth-order valence-corrected chi connectivity index (χ4v) is 3.94. The summed E-state index contributed by atoms with van der Waals surface area (Å²) in [5, 5.41) is 3.60. The zero-order valence-electron chi connectivity index (χ0n) is 17.0. The van der Waals surface area contributed by atoms with Gasteiger partial charge in [0.15, 0.2) is 0 Å². The predicted octanol–water partition coefficient (Wildman–Crippen LogP) is 2.41. The van der Waals surface area contributed by atoms with Gasteiger partial charge in [-0.15, -0.1) is 0 Å². The van der Waals surface area contributed by atoms with Crippen LogP contribution in [0.2, 0.25) is 0 Å². The molecule has 1 aliphatic rings. The van der Waals surface area contributed by atoms with Crippen molar-refractivity contribution in [3.05, 3.63) is 51.7 Å². The van der Waals surface area contributed by atoms with Crippen molar-refractivity contribution in [1.29, 1.82) is 0 Å². The van der Waals surface area contributed by atoms with Gasteiger partial charge >= 0.3 is 5.97 Å². The quantitative estimate of drug-likeness (QED) is 0.594. The fourth-order valence-electron chi connectivity index (χ4n) is 3.94. The van der Waals surface area contributed by atoms with Crippen LogP contribution in [0.1, 0.15) is 48.2 Å². The third kappa shape index (κ3) is 3.06. The monoisotopic (exact) mass is 410 g/mol. The lowest BCUT2D eigenvalue weighted by atomic mass is 10.1. The lowest BCUT2D eigenvalue weighted by Crippen LogP contribution is -2.40. The highest BCUT2D eigenvalue weighted by atomic mass is 16.5. The number of amides is 1. The van der Waals surface area contributed by atoms with Crippen LogP contribution in [0.15, 0.2) is 33.6 Å². The van der Waals surface area contributed by atoms with Crippen LogP contribution in [0, 0.1) is 6.92 Å². The van der Waals surface area contributed by atoms with Crippen molar-refractivity contribution in [3.63, 3.8) is 0 Å². The highest BCUT2D eigenvalue weighted by molar-refractivity contribution is 6.00. The maximum absolute atomic E-state index is 13.4. The normalized spacial score (nSPS) is 14.0. The number of fused-ring (bicyclic) bond motifs is 2. The zero-order valence-corrected chi connectivity index (χ0v) is 17.0. The number of hydrogen-bond donors (Lipinski definition) is 0. The van der Waals surface area contributed by atoms with Crippen molar-refractivity contribution < 1.29 is 18.8 Å². The van der Waals surface area contributed by atoms with Gasteiger partial charge in [-0.1, -0.05) is 30.3 Å². The molecule has 9 heteroatoms. The Hall–Kier alpha value is -3.49. The molecule has 0 unspecified atom stereocenters. The molecule has 1 aromatic carbocycles. The molecule has 0 radical (unpaired) electrons. The molecule has 1 atom stereocenters. The van der Waals surface area contributed by atoms with Crippen molar-refractivity contribution in [3.8, 4) is 0 Å². The van der Waals surface area contributed by atoms with Gasteiger partial charge in [0.1, 0.15) is 17.3 Å². The molecule has 156 valence electrons. The van der Waals surface area contributed by atoms with Crippen LogP contribution in [0.3, 0.4) is 0 Å². The fraction of sp³-hybridized carbons (Fsp3) is 0.381. The number of aryl methyl sites for hydroxylation is 1. The average Bonchev–Trinajstić information content (AvgIpc) is 3.35. The molecule has 1 amide bonds. The molecule has 3 heterocycles. The van der Waals surface area contributed by atoms with Crippen LogP contribution < -0.4 is 10.5 Å². The summed E-state index contributed by atoms with van der Waals surface area (Å²) in [4.78, 5) is 45.0. The van der Waals surface area contributed by atoms with E-state index in [1.54, 1.807) is 18.7 Å². The Bertz CT molecular complexity index is 1200. The third-order valence-electron chi connectivity index (χ3n) is 5.32. The number of esters is 1. The largest absolute Gasteiger partial charge is 0.461 e. The van der Waals surface area contributed by atoms with Crippen LogP contribution in [-0.2, 0) is 16.0 Å². The van der Waals surface area contributed by atoms with Gasteiger partial charge in [-0.2, -0.15) is 4.98 Å². The van der Waals surface area contributed by atoms with Crippen LogP contribution in [0.4, 0.5) is 5.69 Å². The Labute approximate surface area is 172 Å². The van der Waals surface area contributed by atoms with Crippen molar-refractivity contribution in [2.75, 3.05) is 18.1 Å². The van der Waals surface area contributed by atoms with Gasteiger partial charge in [-0.3, -0.25) is 14.2 Å².